The van der Waals surface area contributed by atoms with Gasteiger partial charge in [-0.05, 0) is 20.3 Å². The molecule has 5 nitrogen and oxygen atoms in total. The van der Waals surface area contributed by atoms with Crippen molar-refractivity contribution in [2.45, 2.75) is 53.1 Å². The third-order valence-corrected chi connectivity index (χ3v) is 3.31. The normalized spacial score (nSPS) is 11.4. The summed E-state index contributed by atoms with van der Waals surface area (Å²) in [6, 6.07) is 0.346. The van der Waals surface area contributed by atoms with E-state index in [0.717, 1.165) is 42.4 Å². The van der Waals surface area contributed by atoms with Gasteiger partial charge in [0.15, 0.2) is 0 Å². The topological polar surface area (TPSA) is 61.7 Å². The number of anilines is 1. The lowest BCUT2D eigenvalue weighted by atomic mass is 10.3. The summed E-state index contributed by atoms with van der Waals surface area (Å²) < 4.78 is 4.22. The number of nitrogens with zero attached hydrogens (tertiary/aromatic N) is 4. The molecule has 0 aliphatic rings. The maximum absolute atomic E-state index is 6.29. The predicted octanol–water partition coefficient (Wildman–Crippen LogP) is 2.88. The summed E-state index contributed by atoms with van der Waals surface area (Å²) in [4.78, 5) is 8.94. The Bertz CT molecular complexity index is 550. The van der Waals surface area contributed by atoms with E-state index in [9.17, 15) is 0 Å². The average Bonchev–Trinajstić information content (AvgIpc) is 2.96. The van der Waals surface area contributed by atoms with E-state index in [0.29, 0.717) is 6.04 Å². The fourth-order valence-corrected chi connectivity index (χ4v) is 2.34. The molecular weight excluding hydrogens is 238 g/mol. The van der Waals surface area contributed by atoms with Crippen LogP contribution < -0.4 is 5.73 Å². The number of hydrogen-bond acceptors (Lipinski definition) is 3. The number of aryl methyl sites for hydroxylation is 1. The van der Waals surface area contributed by atoms with Crippen LogP contribution in [0, 0.1) is 0 Å². The molecule has 0 saturated carbocycles. The standard InChI is InChI=1S/C14H23N5/c1-5-7-18-12(6-2)17-13(14(18)15)11-8-16-9-19(11)10(3)4/h8-10H,5-7,15H2,1-4H3. The van der Waals surface area contributed by atoms with Crippen LogP contribution in [-0.2, 0) is 13.0 Å². The monoisotopic (exact) mass is 261 g/mol. The molecule has 0 aliphatic carbocycles. The summed E-state index contributed by atoms with van der Waals surface area (Å²) in [6.07, 6.45) is 5.62. The zero-order valence-electron chi connectivity index (χ0n) is 12.2. The molecule has 2 aromatic heterocycles. The van der Waals surface area contributed by atoms with Gasteiger partial charge in [0.05, 0.1) is 18.2 Å². The Labute approximate surface area is 114 Å². The van der Waals surface area contributed by atoms with Crippen LogP contribution in [0.4, 0.5) is 5.82 Å². The van der Waals surface area contributed by atoms with Crippen molar-refractivity contribution in [2.75, 3.05) is 5.73 Å². The molecule has 2 aromatic rings. The molecule has 0 spiro atoms. The van der Waals surface area contributed by atoms with E-state index in [2.05, 4.69) is 41.8 Å². The number of hydrogen-bond donors (Lipinski definition) is 1. The Hall–Kier alpha value is -1.78. The van der Waals surface area contributed by atoms with Crippen LogP contribution >= 0.6 is 0 Å². The fourth-order valence-electron chi connectivity index (χ4n) is 2.34. The molecule has 0 aliphatic heterocycles. The van der Waals surface area contributed by atoms with Crippen molar-refractivity contribution in [1.29, 1.82) is 0 Å². The zero-order valence-corrected chi connectivity index (χ0v) is 12.2. The van der Waals surface area contributed by atoms with Gasteiger partial charge in [-0.25, -0.2) is 9.97 Å². The molecule has 2 heterocycles. The summed E-state index contributed by atoms with van der Waals surface area (Å²) in [5, 5.41) is 0. The average molecular weight is 261 g/mol. The van der Waals surface area contributed by atoms with Gasteiger partial charge in [0.25, 0.3) is 0 Å². The van der Waals surface area contributed by atoms with E-state index < -0.39 is 0 Å². The van der Waals surface area contributed by atoms with E-state index in [4.69, 9.17) is 10.7 Å². The Morgan fingerprint density at radius 1 is 1.32 bits per heavy atom. The number of nitrogens with two attached hydrogens (primary N) is 1. The van der Waals surface area contributed by atoms with Crippen molar-refractivity contribution in [3.05, 3.63) is 18.3 Å². The summed E-state index contributed by atoms with van der Waals surface area (Å²) in [5.74, 6) is 1.80. The maximum Gasteiger partial charge on any atom is 0.133 e. The van der Waals surface area contributed by atoms with E-state index in [1.807, 2.05) is 12.5 Å². The first kappa shape index (κ1) is 13.6. The summed E-state index contributed by atoms with van der Waals surface area (Å²) in [7, 11) is 0. The predicted molar refractivity (Wildman–Crippen MR) is 77.9 cm³/mol. The molecule has 19 heavy (non-hydrogen) atoms. The minimum Gasteiger partial charge on any atom is -0.383 e. The molecule has 0 unspecified atom stereocenters. The van der Waals surface area contributed by atoms with Crippen LogP contribution in [0.25, 0.3) is 11.4 Å². The molecule has 0 aromatic carbocycles. The highest BCUT2D eigenvalue weighted by atomic mass is 15.2. The number of imidazole rings is 2. The van der Waals surface area contributed by atoms with Crippen LogP contribution in [-0.4, -0.2) is 19.1 Å². The van der Waals surface area contributed by atoms with Crippen molar-refractivity contribution < 1.29 is 0 Å². The summed E-state index contributed by atoms with van der Waals surface area (Å²) in [6.45, 7) is 9.43. The molecule has 0 bridgehead atoms. The van der Waals surface area contributed by atoms with Crippen LogP contribution in [0.2, 0.25) is 0 Å². The van der Waals surface area contributed by atoms with Crippen molar-refractivity contribution in [3.63, 3.8) is 0 Å². The van der Waals surface area contributed by atoms with E-state index >= 15 is 0 Å². The van der Waals surface area contributed by atoms with Gasteiger partial charge < -0.3 is 14.9 Å². The molecule has 104 valence electrons. The van der Waals surface area contributed by atoms with Crippen LogP contribution in [0.5, 0.6) is 0 Å². The first-order valence-corrected chi connectivity index (χ1v) is 6.97. The molecule has 2 N–H and O–H groups in total. The van der Waals surface area contributed by atoms with E-state index in [1.165, 1.54) is 0 Å². The van der Waals surface area contributed by atoms with Crippen molar-refractivity contribution in [2.24, 2.45) is 0 Å². The third kappa shape index (κ3) is 2.37. The molecule has 0 atom stereocenters. The molecule has 0 fully saturated rings. The highest BCUT2D eigenvalue weighted by molar-refractivity contribution is 5.68. The molecule has 0 radical (unpaired) electrons. The zero-order chi connectivity index (χ0) is 14.0. The van der Waals surface area contributed by atoms with Crippen LogP contribution in [0.1, 0.15) is 46.0 Å². The largest absolute Gasteiger partial charge is 0.383 e. The Morgan fingerprint density at radius 2 is 2.05 bits per heavy atom. The summed E-state index contributed by atoms with van der Waals surface area (Å²) >= 11 is 0. The number of nitrogen functional groups attached to an aromatic ring is 1. The van der Waals surface area contributed by atoms with Crippen molar-refractivity contribution in [1.82, 2.24) is 19.1 Å². The second-order valence-electron chi connectivity index (χ2n) is 5.05. The van der Waals surface area contributed by atoms with Gasteiger partial charge in [-0.2, -0.15) is 0 Å². The van der Waals surface area contributed by atoms with Gasteiger partial charge in [0, 0.05) is 19.0 Å². The van der Waals surface area contributed by atoms with E-state index in [-0.39, 0.29) is 0 Å². The maximum atomic E-state index is 6.29. The van der Waals surface area contributed by atoms with Gasteiger partial charge in [0.2, 0.25) is 0 Å². The van der Waals surface area contributed by atoms with Crippen molar-refractivity contribution >= 4 is 5.82 Å². The Kier molecular flexibility index (Phi) is 3.93. The van der Waals surface area contributed by atoms with Gasteiger partial charge in [-0.3, -0.25) is 0 Å². The lowest BCUT2D eigenvalue weighted by molar-refractivity contribution is 0.604. The SMILES string of the molecule is CCCn1c(CC)nc(-c2cncn2C(C)C)c1N. The second-order valence-corrected chi connectivity index (χ2v) is 5.05. The van der Waals surface area contributed by atoms with Gasteiger partial charge in [-0.15, -0.1) is 0 Å². The minimum atomic E-state index is 0.346. The van der Waals surface area contributed by atoms with Crippen LogP contribution in [0.15, 0.2) is 12.5 Å². The first-order chi connectivity index (χ1) is 9.10. The molecule has 0 saturated heterocycles. The van der Waals surface area contributed by atoms with Crippen molar-refractivity contribution in [3.8, 4) is 11.4 Å². The number of aromatic nitrogens is 4. The highest BCUT2D eigenvalue weighted by Gasteiger charge is 2.18. The highest BCUT2D eigenvalue weighted by Crippen LogP contribution is 2.28. The van der Waals surface area contributed by atoms with Gasteiger partial charge in [0.1, 0.15) is 17.3 Å². The van der Waals surface area contributed by atoms with E-state index in [1.54, 1.807) is 0 Å². The van der Waals surface area contributed by atoms with Gasteiger partial charge >= 0.3 is 0 Å². The molecule has 0 amide bonds. The number of rotatable bonds is 5. The molecule has 5 heteroatoms. The minimum absolute atomic E-state index is 0.346. The lowest BCUT2D eigenvalue weighted by Crippen LogP contribution is -2.07. The first-order valence-electron chi connectivity index (χ1n) is 6.97. The van der Waals surface area contributed by atoms with Gasteiger partial charge in [-0.1, -0.05) is 13.8 Å². The van der Waals surface area contributed by atoms with Crippen LogP contribution in [0.3, 0.4) is 0 Å². The lowest BCUT2D eigenvalue weighted by Gasteiger charge is -2.11. The fraction of sp³-hybridized carbons (Fsp3) is 0.571. The third-order valence-electron chi connectivity index (χ3n) is 3.31. The molecular formula is C14H23N5. The second kappa shape index (κ2) is 5.47. The Morgan fingerprint density at radius 3 is 2.63 bits per heavy atom. The smallest absolute Gasteiger partial charge is 0.133 e. The summed E-state index contributed by atoms with van der Waals surface area (Å²) in [5.41, 5.74) is 8.14. The molecule has 2 rings (SSSR count). The quantitative estimate of drug-likeness (QED) is 0.900. The Balaban J connectivity index is 2.53.